The molecule has 5 heteroatoms. The zero-order chi connectivity index (χ0) is 13.8. The van der Waals surface area contributed by atoms with E-state index in [1.807, 2.05) is 12.1 Å². The lowest BCUT2D eigenvalue weighted by atomic mass is 10.2. The Hall–Kier alpha value is -1.96. The van der Waals surface area contributed by atoms with Gasteiger partial charge in [-0.05, 0) is 42.5 Å². The van der Waals surface area contributed by atoms with Crippen LogP contribution in [0, 0.1) is 11.3 Å². The van der Waals surface area contributed by atoms with Crippen LogP contribution in [-0.4, -0.2) is 11.1 Å². The minimum atomic E-state index is -1.04. The number of hydrogen-bond acceptors (Lipinski definition) is 3. The molecule has 0 aliphatic rings. The molecule has 3 nitrogen and oxygen atoms in total. The van der Waals surface area contributed by atoms with Gasteiger partial charge in [-0.3, -0.25) is 0 Å². The van der Waals surface area contributed by atoms with E-state index in [2.05, 4.69) is 6.07 Å². The molecule has 0 radical (unpaired) electrons. The first-order chi connectivity index (χ1) is 9.10. The van der Waals surface area contributed by atoms with Gasteiger partial charge in [0.05, 0.1) is 22.2 Å². The number of aromatic carboxylic acids is 1. The standard InChI is InChI=1S/C14H8ClNO2S/c15-13-7-11(5-6-12(13)14(17)18)19-10-3-1-9(8-16)2-4-10/h1-7H,(H,17,18). The predicted octanol–water partition coefficient (Wildman–Crippen LogP) is 4.06. The number of carboxylic acid groups (broad SMARTS) is 1. The molecule has 1 N–H and O–H groups in total. The highest BCUT2D eigenvalue weighted by atomic mass is 35.5. The van der Waals surface area contributed by atoms with E-state index < -0.39 is 5.97 Å². The highest BCUT2D eigenvalue weighted by molar-refractivity contribution is 7.99. The molecule has 0 atom stereocenters. The van der Waals surface area contributed by atoms with Crippen LogP contribution in [0.1, 0.15) is 15.9 Å². The number of carbonyl (C=O) groups is 1. The summed E-state index contributed by atoms with van der Waals surface area (Å²) < 4.78 is 0. The summed E-state index contributed by atoms with van der Waals surface area (Å²) in [5.74, 6) is -1.04. The maximum atomic E-state index is 10.8. The van der Waals surface area contributed by atoms with Gasteiger partial charge in [-0.15, -0.1) is 0 Å². The summed E-state index contributed by atoms with van der Waals surface area (Å²) in [6, 6.07) is 14.0. The van der Waals surface area contributed by atoms with Crippen molar-refractivity contribution < 1.29 is 9.90 Å². The zero-order valence-electron chi connectivity index (χ0n) is 9.63. The van der Waals surface area contributed by atoms with E-state index in [-0.39, 0.29) is 10.6 Å². The molecular formula is C14H8ClNO2S. The van der Waals surface area contributed by atoms with Crippen molar-refractivity contribution in [2.45, 2.75) is 9.79 Å². The molecule has 0 fully saturated rings. The Morgan fingerprint density at radius 1 is 1.16 bits per heavy atom. The molecular weight excluding hydrogens is 282 g/mol. The van der Waals surface area contributed by atoms with Crippen LogP contribution in [0.3, 0.4) is 0 Å². The van der Waals surface area contributed by atoms with E-state index in [1.165, 1.54) is 17.8 Å². The summed E-state index contributed by atoms with van der Waals surface area (Å²) in [7, 11) is 0. The third-order valence-corrected chi connectivity index (χ3v) is 3.70. The van der Waals surface area contributed by atoms with Crippen LogP contribution in [0.5, 0.6) is 0 Å². The number of hydrogen-bond donors (Lipinski definition) is 1. The third-order valence-electron chi connectivity index (χ3n) is 2.39. The molecule has 2 rings (SSSR count). The van der Waals surface area contributed by atoms with Gasteiger partial charge in [0.15, 0.2) is 0 Å². The van der Waals surface area contributed by atoms with Gasteiger partial charge in [0.2, 0.25) is 0 Å². The van der Waals surface area contributed by atoms with Crippen LogP contribution in [0.25, 0.3) is 0 Å². The highest BCUT2D eigenvalue weighted by Gasteiger charge is 2.09. The van der Waals surface area contributed by atoms with Gasteiger partial charge >= 0.3 is 5.97 Å². The van der Waals surface area contributed by atoms with Crippen LogP contribution in [0.4, 0.5) is 0 Å². The second kappa shape index (κ2) is 5.79. The average molecular weight is 290 g/mol. The molecule has 0 bridgehead atoms. The smallest absolute Gasteiger partial charge is 0.337 e. The Morgan fingerprint density at radius 2 is 1.79 bits per heavy atom. The fourth-order valence-electron chi connectivity index (χ4n) is 1.47. The van der Waals surface area contributed by atoms with E-state index in [9.17, 15) is 4.79 Å². The maximum absolute atomic E-state index is 10.8. The quantitative estimate of drug-likeness (QED) is 0.925. The molecule has 0 aliphatic carbocycles. The number of nitrogens with zero attached hydrogens (tertiary/aromatic N) is 1. The first-order valence-corrected chi connectivity index (χ1v) is 6.50. The minimum Gasteiger partial charge on any atom is -0.478 e. The molecule has 0 heterocycles. The zero-order valence-corrected chi connectivity index (χ0v) is 11.2. The molecule has 2 aromatic rings. The number of carboxylic acids is 1. The summed E-state index contributed by atoms with van der Waals surface area (Å²) in [6.45, 7) is 0. The summed E-state index contributed by atoms with van der Waals surface area (Å²) in [4.78, 5) is 12.6. The molecule has 0 saturated heterocycles. The minimum absolute atomic E-state index is 0.0887. The molecule has 19 heavy (non-hydrogen) atoms. The molecule has 0 aromatic heterocycles. The second-order valence-corrected chi connectivity index (χ2v) is 5.24. The molecule has 0 unspecified atom stereocenters. The van der Waals surface area contributed by atoms with Crippen molar-refractivity contribution in [3.8, 4) is 6.07 Å². The predicted molar refractivity (Wildman–Crippen MR) is 73.7 cm³/mol. The van der Waals surface area contributed by atoms with E-state index in [1.54, 1.807) is 24.3 Å². The van der Waals surface area contributed by atoms with Gasteiger partial charge < -0.3 is 5.11 Å². The lowest BCUT2D eigenvalue weighted by Crippen LogP contribution is -1.96. The maximum Gasteiger partial charge on any atom is 0.337 e. The van der Waals surface area contributed by atoms with E-state index in [0.717, 1.165) is 9.79 Å². The third kappa shape index (κ3) is 3.28. The highest BCUT2D eigenvalue weighted by Crippen LogP contribution is 2.31. The molecule has 0 spiro atoms. The summed E-state index contributed by atoms with van der Waals surface area (Å²) in [6.07, 6.45) is 0. The number of benzene rings is 2. The van der Waals surface area contributed by atoms with Crippen molar-refractivity contribution in [2.24, 2.45) is 0 Å². The molecule has 0 aliphatic heterocycles. The van der Waals surface area contributed by atoms with Crippen molar-refractivity contribution in [1.82, 2.24) is 0 Å². The lowest BCUT2D eigenvalue weighted by molar-refractivity contribution is 0.0697. The fourth-order valence-corrected chi connectivity index (χ4v) is 2.65. The Balaban J connectivity index is 2.21. The SMILES string of the molecule is N#Cc1ccc(Sc2ccc(C(=O)O)c(Cl)c2)cc1. The Morgan fingerprint density at radius 3 is 2.32 bits per heavy atom. The normalized spacial score (nSPS) is 9.89. The van der Waals surface area contributed by atoms with Crippen molar-refractivity contribution in [3.05, 3.63) is 58.6 Å². The summed E-state index contributed by atoms with van der Waals surface area (Å²) in [5.41, 5.74) is 0.689. The van der Waals surface area contributed by atoms with Gasteiger partial charge in [-0.2, -0.15) is 5.26 Å². The number of nitriles is 1. The van der Waals surface area contributed by atoms with Crippen LogP contribution < -0.4 is 0 Å². The van der Waals surface area contributed by atoms with E-state index >= 15 is 0 Å². The molecule has 2 aromatic carbocycles. The molecule has 0 amide bonds. The van der Waals surface area contributed by atoms with Crippen molar-refractivity contribution in [3.63, 3.8) is 0 Å². The number of halogens is 1. The molecule has 94 valence electrons. The Kier molecular flexibility index (Phi) is 4.10. The van der Waals surface area contributed by atoms with Crippen LogP contribution in [0.2, 0.25) is 5.02 Å². The van der Waals surface area contributed by atoms with E-state index in [0.29, 0.717) is 5.56 Å². The van der Waals surface area contributed by atoms with Crippen LogP contribution in [0.15, 0.2) is 52.3 Å². The first kappa shape index (κ1) is 13.5. The van der Waals surface area contributed by atoms with Gasteiger partial charge in [0.1, 0.15) is 0 Å². The van der Waals surface area contributed by atoms with Crippen LogP contribution in [-0.2, 0) is 0 Å². The fraction of sp³-hybridized carbons (Fsp3) is 0. The second-order valence-electron chi connectivity index (χ2n) is 3.69. The van der Waals surface area contributed by atoms with E-state index in [4.69, 9.17) is 22.0 Å². The average Bonchev–Trinajstić information content (AvgIpc) is 2.39. The van der Waals surface area contributed by atoms with Crippen molar-refractivity contribution in [1.29, 1.82) is 5.26 Å². The van der Waals surface area contributed by atoms with Crippen LogP contribution >= 0.6 is 23.4 Å². The summed E-state index contributed by atoms with van der Waals surface area (Å²) in [5, 5.41) is 17.8. The molecule has 0 saturated carbocycles. The summed E-state index contributed by atoms with van der Waals surface area (Å²) >= 11 is 7.36. The topological polar surface area (TPSA) is 61.1 Å². The first-order valence-electron chi connectivity index (χ1n) is 5.31. The van der Waals surface area contributed by atoms with Gasteiger partial charge in [0, 0.05) is 9.79 Å². The van der Waals surface area contributed by atoms with Gasteiger partial charge in [-0.1, -0.05) is 23.4 Å². The van der Waals surface area contributed by atoms with Gasteiger partial charge in [0.25, 0.3) is 0 Å². The van der Waals surface area contributed by atoms with Crippen molar-refractivity contribution in [2.75, 3.05) is 0 Å². The van der Waals surface area contributed by atoms with Crippen molar-refractivity contribution >= 4 is 29.3 Å². The Labute approximate surface area is 119 Å². The monoisotopic (exact) mass is 289 g/mol. The largest absolute Gasteiger partial charge is 0.478 e. The Bertz CT molecular complexity index is 662. The lowest BCUT2D eigenvalue weighted by Gasteiger charge is -2.04. The van der Waals surface area contributed by atoms with Gasteiger partial charge in [-0.25, -0.2) is 4.79 Å². The number of rotatable bonds is 3.